The highest BCUT2D eigenvalue weighted by Gasteiger charge is 2.10. The number of anilines is 2. The van der Waals surface area contributed by atoms with Crippen LogP contribution < -0.4 is 16.2 Å². The summed E-state index contributed by atoms with van der Waals surface area (Å²) in [6.45, 7) is 1.96. The Morgan fingerprint density at radius 2 is 1.87 bits per heavy atom. The van der Waals surface area contributed by atoms with E-state index in [1.54, 1.807) is 31.4 Å². The van der Waals surface area contributed by atoms with Crippen LogP contribution in [0.5, 0.6) is 5.75 Å². The molecule has 0 spiro atoms. The summed E-state index contributed by atoms with van der Waals surface area (Å²) in [5.74, 6) is 6.34. The molecular formula is C23H22N4O3. The third kappa shape index (κ3) is 4.50. The molecule has 3 aromatic rings. The van der Waals surface area contributed by atoms with Gasteiger partial charge in [-0.3, -0.25) is 0 Å². The topological polar surface area (TPSA) is 124 Å². The first-order valence-corrected chi connectivity index (χ1v) is 9.34. The van der Waals surface area contributed by atoms with Gasteiger partial charge in [0.1, 0.15) is 11.6 Å². The van der Waals surface area contributed by atoms with Crippen molar-refractivity contribution in [2.24, 2.45) is 0 Å². The number of ether oxygens (including phenoxy) is 1. The van der Waals surface area contributed by atoms with Gasteiger partial charge in [-0.05, 0) is 41.8 Å². The van der Waals surface area contributed by atoms with Crippen molar-refractivity contribution in [2.75, 3.05) is 18.6 Å². The smallest absolute Gasteiger partial charge is 0.335 e. The average molecular weight is 402 g/mol. The summed E-state index contributed by atoms with van der Waals surface area (Å²) in [6.07, 6.45) is 1.14. The summed E-state index contributed by atoms with van der Waals surface area (Å²) in [5, 5.41) is 9.09. The van der Waals surface area contributed by atoms with Gasteiger partial charge >= 0.3 is 5.97 Å². The molecular weight excluding hydrogens is 380 g/mol. The van der Waals surface area contributed by atoms with Crippen LogP contribution in [0, 0.1) is 11.8 Å². The molecule has 0 amide bonds. The number of hydrogen-bond donors (Lipinski definition) is 3. The zero-order chi connectivity index (χ0) is 21.7. The molecule has 7 heteroatoms. The molecule has 0 atom stereocenters. The molecule has 0 saturated heterocycles. The van der Waals surface area contributed by atoms with E-state index in [1.807, 2.05) is 25.1 Å². The number of aromatic carboxylic acids is 1. The lowest BCUT2D eigenvalue weighted by molar-refractivity contribution is 0.0697. The summed E-state index contributed by atoms with van der Waals surface area (Å²) >= 11 is 0. The molecule has 7 nitrogen and oxygen atoms in total. The van der Waals surface area contributed by atoms with Crippen molar-refractivity contribution >= 4 is 17.7 Å². The molecule has 0 aliphatic rings. The average Bonchev–Trinajstić information content (AvgIpc) is 2.74. The van der Waals surface area contributed by atoms with Gasteiger partial charge in [-0.25, -0.2) is 9.78 Å². The van der Waals surface area contributed by atoms with Gasteiger partial charge in [0.15, 0.2) is 0 Å². The van der Waals surface area contributed by atoms with Crippen molar-refractivity contribution in [1.82, 2.24) is 9.97 Å². The number of carbonyl (C=O) groups is 1. The normalized spacial score (nSPS) is 10.2. The van der Waals surface area contributed by atoms with Gasteiger partial charge in [-0.15, -0.1) is 0 Å². The fourth-order valence-electron chi connectivity index (χ4n) is 3.06. The van der Waals surface area contributed by atoms with Crippen molar-refractivity contribution in [3.8, 4) is 28.7 Å². The molecule has 3 rings (SSSR count). The summed E-state index contributed by atoms with van der Waals surface area (Å²) in [5.41, 5.74) is 15.9. The molecule has 1 aromatic heterocycles. The van der Waals surface area contributed by atoms with Crippen LogP contribution in [0.2, 0.25) is 0 Å². The Bertz CT molecular complexity index is 1150. The van der Waals surface area contributed by atoms with Gasteiger partial charge in [0.2, 0.25) is 5.95 Å². The van der Waals surface area contributed by atoms with E-state index in [4.69, 9.17) is 21.3 Å². The van der Waals surface area contributed by atoms with Crippen LogP contribution in [0.15, 0.2) is 42.5 Å². The lowest BCUT2D eigenvalue weighted by atomic mass is 9.99. The number of carboxylic acids is 1. The van der Waals surface area contributed by atoms with E-state index in [9.17, 15) is 4.79 Å². The van der Waals surface area contributed by atoms with Crippen LogP contribution in [-0.4, -0.2) is 28.2 Å². The van der Waals surface area contributed by atoms with Crippen LogP contribution >= 0.6 is 0 Å². The highest BCUT2D eigenvalue weighted by Crippen LogP contribution is 2.31. The van der Waals surface area contributed by atoms with Crippen molar-refractivity contribution in [3.05, 3.63) is 64.8 Å². The van der Waals surface area contributed by atoms with E-state index in [1.165, 1.54) is 0 Å². The lowest BCUT2D eigenvalue weighted by Gasteiger charge is -2.10. The van der Waals surface area contributed by atoms with E-state index in [2.05, 4.69) is 21.8 Å². The third-order valence-electron chi connectivity index (χ3n) is 4.58. The third-order valence-corrected chi connectivity index (χ3v) is 4.58. The molecule has 152 valence electrons. The Labute approximate surface area is 174 Å². The Morgan fingerprint density at radius 3 is 2.50 bits per heavy atom. The number of nitrogens with zero attached hydrogens (tertiary/aromatic N) is 2. The second-order valence-corrected chi connectivity index (χ2v) is 6.54. The molecule has 0 aliphatic heterocycles. The van der Waals surface area contributed by atoms with Crippen LogP contribution in [0.25, 0.3) is 11.1 Å². The highest BCUT2D eigenvalue weighted by molar-refractivity contribution is 5.88. The van der Waals surface area contributed by atoms with E-state index >= 15 is 0 Å². The number of aryl methyl sites for hydroxylation is 1. The lowest BCUT2D eigenvalue weighted by Crippen LogP contribution is -2.06. The maximum atomic E-state index is 11.1. The standard InChI is InChI=1S/C23H22N4O3/c1-3-19-17(21(24)27-23(25)26-19)6-4-5-14-7-12-20(30-2)18(13-14)15-8-10-16(11-9-15)22(28)29/h7-13H,3,5H2,1-2H3,(H,28,29)(H4,24,25,26,27). The summed E-state index contributed by atoms with van der Waals surface area (Å²) in [6, 6.07) is 12.4. The van der Waals surface area contributed by atoms with Crippen molar-refractivity contribution in [3.63, 3.8) is 0 Å². The molecule has 0 saturated carbocycles. The fraction of sp³-hybridized carbons (Fsp3) is 0.174. The predicted molar refractivity (Wildman–Crippen MR) is 116 cm³/mol. The van der Waals surface area contributed by atoms with E-state index in [-0.39, 0.29) is 17.3 Å². The van der Waals surface area contributed by atoms with Crippen molar-refractivity contribution in [1.29, 1.82) is 0 Å². The second-order valence-electron chi connectivity index (χ2n) is 6.54. The molecule has 0 fully saturated rings. The highest BCUT2D eigenvalue weighted by atomic mass is 16.5. The minimum atomic E-state index is -0.963. The van der Waals surface area contributed by atoms with Crippen LogP contribution in [0.4, 0.5) is 11.8 Å². The van der Waals surface area contributed by atoms with E-state index in [0.29, 0.717) is 24.2 Å². The number of carboxylic acid groups (broad SMARTS) is 1. The summed E-state index contributed by atoms with van der Waals surface area (Å²) in [7, 11) is 1.60. The van der Waals surface area contributed by atoms with Crippen LogP contribution in [-0.2, 0) is 12.8 Å². The maximum absolute atomic E-state index is 11.1. The summed E-state index contributed by atoms with van der Waals surface area (Å²) in [4.78, 5) is 19.3. The number of rotatable bonds is 5. The van der Waals surface area contributed by atoms with Crippen molar-refractivity contribution in [2.45, 2.75) is 19.8 Å². The molecule has 0 bridgehead atoms. The Hall–Kier alpha value is -4.05. The summed E-state index contributed by atoms with van der Waals surface area (Å²) < 4.78 is 5.47. The first kappa shape index (κ1) is 20.7. The zero-order valence-electron chi connectivity index (χ0n) is 16.8. The molecule has 5 N–H and O–H groups in total. The fourth-order valence-corrected chi connectivity index (χ4v) is 3.06. The number of methoxy groups -OCH3 is 1. The van der Waals surface area contributed by atoms with Gasteiger partial charge in [-0.1, -0.05) is 37.0 Å². The van der Waals surface area contributed by atoms with E-state index in [0.717, 1.165) is 22.4 Å². The van der Waals surface area contributed by atoms with Gasteiger partial charge in [0.05, 0.1) is 23.9 Å². The quantitative estimate of drug-likeness (QED) is 0.560. The monoisotopic (exact) mass is 402 g/mol. The molecule has 30 heavy (non-hydrogen) atoms. The van der Waals surface area contributed by atoms with Crippen LogP contribution in [0.3, 0.4) is 0 Å². The first-order valence-electron chi connectivity index (χ1n) is 9.34. The van der Waals surface area contributed by atoms with Gasteiger partial charge in [0, 0.05) is 12.0 Å². The Balaban J connectivity index is 1.90. The minimum absolute atomic E-state index is 0.142. The molecule has 0 radical (unpaired) electrons. The number of hydrogen-bond acceptors (Lipinski definition) is 6. The number of nitrogens with two attached hydrogens (primary N) is 2. The molecule has 1 heterocycles. The molecule has 0 unspecified atom stereocenters. The number of aromatic nitrogens is 2. The largest absolute Gasteiger partial charge is 0.496 e. The van der Waals surface area contributed by atoms with Crippen LogP contribution in [0.1, 0.15) is 34.1 Å². The van der Waals surface area contributed by atoms with Crippen molar-refractivity contribution < 1.29 is 14.6 Å². The van der Waals surface area contributed by atoms with E-state index < -0.39 is 5.97 Å². The SMILES string of the molecule is CCc1nc(N)nc(N)c1C#CCc1ccc(OC)c(-c2ccc(C(=O)O)cc2)c1. The Kier molecular flexibility index (Phi) is 6.18. The number of benzene rings is 2. The Morgan fingerprint density at radius 1 is 1.13 bits per heavy atom. The zero-order valence-corrected chi connectivity index (χ0v) is 16.8. The molecule has 0 aliphatic carbocycles. The first-order chi connectivity index (χ1) is 14.4. The second kappa shape index (κ2) is 8.97. The van der Waals surface area contributed by atoms with Gasteiger partial charge in [-0.2, -0.15) is 4.98 Å². The predicted octanol–water partition coefficient (Wildman–Crippen LogP) is 3.17. The number of nitrogen functional groups attached to an aromatic ring is 2. The minimum Gasteiger partial charge on any atom is -0.496 e. The van der Waals surface area contributed by atoms with Gasteiger partial charge in [0.25, 0.3) is 0 Å². The van der Waals surface area contributed by atoms with Gasteiger partial charge < -0.3 is 21.3 Å². The molecule has 2 aromatic carbocycles. The maximum Gasteiger partial charge on any atom is 0.335 e.